The summed E-state index contributed by atoms with van der Waals surface area (Å²) in [5, 5.41) is 0. The number of hydrogen-bond acceptors (Lipinski definition) is 1. The Kier molecular flexibility index (Phi) is 4.35. The Bertz CT molecular complexity index is 378. The minimum atomic E-state index is -0.170. The number of ether oxygens (including phenoxy) is 1. The van der Waals surface area contributed by atoms with Gasteiger partial charge in [0.15, 0.2) is 0 Å². The van der Waals surface area contributed by atoms with Gasteiger partial charge in [0.25, 0.3) is 0 Å². The first-order valence-electron chi connectivity index (χ1n) is 7.24. The maximum Gasteiger partial charge on any atom is 0.125 e. The molecule has 0 N–H and O–H groups in total. The molecule has 1 aliphatic heterocycles. The van der Waals surface area contributed by atoms with Crippen LogP contribution >= 0.6 is 0 Å². The summed E-state index contributed by atoms with van der Waals surface area (Å²) in [6.07, 6.45) is 0. The summed E-state index contributed by atoms with van der Waals surface area (Å²) >= 11 is 0. The molecule has 0 unspecified atom stereocenters. The zero-order chi connectivity index (χ0) is 14.2. The zero-order valence-electron chi connectivity index (χ0n) is 13.6. The van der Waals surface area contributed by atoms with Gasteiger partial charge >= 0.3 is 0 Å². The minimum absolute atomic E-state index is 0.170. The zero-order valence-corrected chi connectivity index (χ0v) is 13.6. The molecule has 0 atom stereocenters. The summed E-state index contributed by atoms with van der Waals surface area (Å²) in [4.78, 5) is 0. The normalized spacial score (nSPS) is 20.2. The summed E-state index contributed by atoms with van der Waals surface area (Å²) in [6.45, 7) is 20.2. The van der Waals surface area contributed by atoms with E-state index in [1.807, 2.05) is 0 Å². The quantitative estimate of drug-likeness (QED) is 0.657. The third-order valence-electron chi connectivity index (χ3n) is 3.75. The molecule has 0 aliphatic carbocycles. The molecule has 0 aromatic rings. The second-order valence-electron chi connectivity index (χ2n) is 6.87. The van der Waals surface area contributed by atoms with Crippen LogP contribution in [-0.2, 0) is 4.74 Å². The van der Waals surface area contributed by atoms with E-state index in [-0.39, 0.29) is 5.60 Å². The topological polar surface area (TPSA) is 9.23 Å². The molecule has 0 aromatic heterocycles. The summed E-state index contributed by atoms with van der Waals surface area (Å²) < 4.78 is 6.22. The van der Waals surface area contributed by atoms with Crippen molar-refractivity contribution >= 4 is 0 Å². The molecular formula is C17H30O. The highest BCUT2D eigenvalue weighted by atomic mass is 16.5. The molecule has 0 spiro atoms. The molecule has 1 heterocycles. The molecule has 1 aliphatic rings. The SMILES string of the molecule is CC1=C(C(C)C)C(C(C)C)=C(C(C)C)C(C)(C)O1. The van der Waals surface area contributed by atoms with Crippen LogP contribution in [0.5, 0.6) is 0 Å². The van der Waals surface area contributed by atoms with Crippen molar-refractivity contribution in [2.24, 2.45) is 17.8 Å². The predicted octanol–water partition coefficient (Wildman–Crippen LogP) is 5.33. The standard InChI is InChI=1S/C17H30O/c1-10(2)14-13(7)18-17(8,9)16(12(5)6)15(14)11(3)4/h10-12H,1-9H3. The Morgan fingerprint density at radius 2 is 1.22 bits per heavy atom. The smallest absolute Gasteiger partial charge is 0.125 e. The van der Waals surface area contributed by atoms with Crippen LogP contribution in [0.15, 0.2) is 22.5 Å². The van der Waals surface area contributed by atoms with Crippen molar-refractivity contribution in [3.05, 3.63) is 22.5 Å². The summed E-state index contributed by atoms with van der Waals surface area (Å²) in [7, 11) is 0. The van der Waals surface area contributed by atoms with E-state index in [0.717, 1.165) is 5.76 Å². The van der Waals surface area contributed by atoms with Gasteiger partial charge in [0, 0.05) is 0 Å². The lowest BCUT2D eigenvalue weighted by Gasteiger charge is -2.42. The maximum absolute atomic E-state index is 6.22. The first kappa shape index (κ1) is 15.3. The van der Waals surface area contributed by atoms with Crippen molar-refractivity contribution in [2.75, 3.05) is 0 Å². The minimum Gasteiger partial charge on any atom is -0.488 e. The molecule has 1 nitrogen and oxygen atoms in total. The molecule has 0 amide bonds. The van der Waals surface area contributed by atoms with Crippen LogP contribution in [0.1, 0.15) is 62.3 Å². The molecule has 104 valence electrons. The van der Waals surface area contributed by atoms with E-state index in [1.54, 1.807) is 0 Å². The number of rotatable bonds is 3. The van der Waals surface area contributed by atoms with Gasteiger partial charge in [-0.2, -0.15) is 0 Å². The first-order chi connectivity index (χ1) is 8.09. The van der Waals surface area contributed by atoms with Crippen molar-refractivity contribution < 1.29 is 4.74 Å². The Balaban J connectivity index is 3.56. The van der Waals surface area contributed by atoms with Crippen LogP contribution in [0.2, 0.25) is 0 Å². The largest absolute Gasteiger partial charge is 0.488 e. The Hall–Kier alpha value is -0.720. The van der Waals surface area contributed by atoms with Gasteiger partial charge in [0.05, 0.1) is 5.76 Å². The predicted molar refractivity (Wildman–Crippen MR) is 79.4 cm³/mol. The van der Waals surface area contributed by atoms with Gasteiger partial charge in [-0.05, 0) is 55.2 Å². The van der Waals surface area contributed by atoms with Crippen molar-refractivity contribution in [3.63, 3.8) is 0 Å². The molecule has 0 radical (unpaired) electrons. The van der Waals surface area contributed by atoms with E-state index >= 15 is 0 Å². The molecular weight excluding hydrogens is 220 g/mol. The average Bonchev–Trinajstić information content (AvgIpc) is 2.12. The Labute approximate surface area is 113 Å². The second-order valence-corrected chi connectivity index (χ2v) is 6.87. The number of hydrogen-bond donors (Lipinski definition) is 0. The van der Waals surface area contributed by atoms with Gasteiger partial charge in [0.1, 0.15) is 5.60 Å². The third-order valence-corrected chi connectivity index (χ3v) is 3.75. The van der Waals surface area contributed by atoms with Gasteiger partial charge in [-0.1, -0.05) is 41.5 Å². The maximum atomic E-state index is 6.22. The van der Waals surface area contributed by atoms with Crippen molar-refractivity contribution in [1.82, 2.24) is 0 Å². The Morgan fingerprint density at radius 1 is 0.778 bits per heavy atom. The van der Waals surface area contributed by atoms with Crippen molar-refractivity contribution in [1.29, 1.82) is 0 Å². The summed E-state index contributed by atoms with van der Waals surface area (Å²) in [5.41, 5.74) is 4.27. The van der Waals surface area contributed by atoms with E-state index in [4.69, 9.17) is 4.74 Å². The fraction of sp³-hybridized carbons (Fsp3) is 0.765. The molecule has 0 saturated carbocycles. The fourth-order valence-electron chi connectivity index (χ4n) is 3.50. The van der Waals surface area contributed by atoms with E-state index < -0.39 is 0 Å². The lowest BCUT2D eigenvalue weighted by molar-refractivity contribution is 0.0500. The van der Waals surface area contributed by atoms with Crippen molar-refractivity contribution in [3.8, 4) is 0 Å². The van der Waals surface area contributed by atoms with E-state index in [0.29, 0.717) is 17.8 Å². The molecule has 1 rings (SSSR count). The molecule has 0 saturated heterocycles. The molecule has 0 aromatic carbocycles. The summed E-state index contributed by atoms with van der Waals surface area (Å²) in [5.74, 6) is 2.72. The van der Waals surface area contributed by atoms with Crippen LogP contribution in [0.4, 0.5) is 0 Å². The van der Waals surface area contributed by atoms with Gasteiger partial charge in [-0.15, -0.1) is 0 Å². The van der Waals surface area contributed by atoms with E-state index in [2.05, 4.69) is 62.3 Å². The van der Waals surface area contributed by atoms with Crippen LogP contribution < -0.4 is 0 Å². The average molecular weight is 250 g/mol. The fourth-order valence-corrected chi connectivity index (χ4v) is 3.50. The van der Waals surface area contributed by atoms with Crippen LogP contribution in [0.25, 0.3) is 0 Å². The molecule has 18 heavy (non-hydrogen) atoms. The highest BCUT2D eigenvalue weighted by Crippen LogP contribution is 2.44. The van der Waals surface area contributed by atoms with Gasteiger partial charge in [-0.3, -0.25) is 0 Å². The van der Waals surface area contributed by atoms with Gasteiger partial charge in [-0.25, -0.2) is 0 Å². The Morgan fingerprint density at radius 3 is 1.56 bits per heavy atom. The third kappa shape index (κ3) is 2.65. The van der Waals surface area contributed by atoms with E-state index in [1.165, 1.54) is 16.7 Å². The van der Waals surface area contributed by atoms with Crippen LogP contribution in [0.3, 0.4) is 0 Å². The van der Waals surface area contributed by atoms with Crippen LogP contribution in [0, 0.1) is 17.8 Å². The van der Waals surface area contributed by atoms with Crippen LogP contribution in [-0.4, -0.2) is 5.60 Å². The van der Waals surface area contributed by atoms with Gasteiger partial charge < -0.3 is 4.74 Å². The highest BCUT2D eigenvalue weighted by molar-refractivity contribution is 5.46. The number of allylic oxidation sites excluding steroid dienone is 3. The lowest BCUT2D eigenvalue weighted by atomic mass is 9.74. The summed E-state index contributed by atoms with van der Waals surface area (Å²) in [6, 6.07) is 0. The van der Waals surface area contributed by atoms with Gasteiger partial charge in [0.2, 0.25) is 0 Å². The lowest BCUT2D eigenvalue weighted by Crippen LogP contribution is -2.36. The highest BCUT2D eigenvalue weighted by Gasteiger charge is 2.37. The molecule has 0 fully saturated rings. The second kappa shape index (κ2) is 5.11. The first-order valence-corrected chi connectivity index (χ1v) is 7.24. The van der Waals surface area contributed by atoms with Crippen molar-refractivity contribution in [2.45, 2.75) is 67.9 Å². The molecule has 0 bridgehead atoms. The molecule has 1 heteroatoms. The van der Waals surface area contributed by atoms with E-state index in [9.17, 15) is 0 Å². The monoisotopic (exact) mass is 250 g/mol.